The summed E-state index contributed by atoms with van der Waals surface area (Å²) in [4.78, 5) is 8.50. The van der Waals surface area contributed by atoms with Crippen molar-refractivity contribution < 1.29 is 4.42 Å². The predicted octanol–water partition coefficient (Wildman–Crippen LogP) is 3.01. The van der Waals surface area contributed by atoms with E-state index >= 15 is 0 Å². The lowest BCUT2D eigenvalue weighted by atomic mass is 10.1. The zero-order chi connectivity index (χ0) is 14.3. The Bertz CT molecular complexity index is 396. The van der Waals surface area contributed by atoms with Gasteiger partial charge in [-0.05, 0) is 32.6 Å². The Morgan fingerprint density at radius 3 is 2.50 bits per heavy atom. The number of aliphatic imine (C=N–C) groups is 1. The van der Waals surface area contributed by atoms with Crippen LogP contribution in [0.25, 0.3) is 0 Å². The number of hydrogen-bond donors (Lipinski definition) is 2. The molecule has 0 unspecified atom stereocenters. The summed E-state index contributed by atoms with van der Waals surface area (Å²) in [5, 5.41) is 6.48. The highest BCUT2D eigenvalue weighted by Gasteiger charge is 2.06. The molecule has 5 nitrogen and oxygen atoms in total. The summed E-state index contributed by atoms with van der Waals surface area (Å²) < 4.78 is 5.51. The third kappa shape index (κ3) is 7.12. The van der Waals surface area contributed by atoms with Crippen molar-refractivity contribution in [2.75, 3.05) is 13.6 Å². The van der Waals surface area contributed by atoms with E-state index in [1.54, 1.807) is 7.05 Å². The molecule has 2 N–H and O–H groups in total. The SMILES string of the molecule is CN=C(NCCCC(C)C)NCc1nc(C)c(C)o1.I. The van der Waals surface area contributed by atoms with E-state index in [9.17, 15) is 0 Å². The Morgan fingerprint density at radius 2 is 2.00 bits per heavy atom. The molecule has 0 aliphatic rings. The van der Waals surface area contributed by atoms with Gasteiger partial charge in [0.05, 0.1) is 12.2 Å². The van der Waals surface area contributed by atoms with Crippen molar-refractivity contribution in [3.63, 3.8) is 0 Å². The van der Waals surface area contributed by atoms with Crippen LogP contribution in [0, 0.1) is 19.8 Å². The highest BCUT2D eigenvalue weighted by Crippen LogP contribution is 2.07. The van der Waals surface area contributed by atoms with Crippen LogP contribution in [0.15, 0.2) is 9.41 Å². The Balaban J connectivity index is 0.00000361. The molecule has 0 bridgehead atoms. The summed E-state index contributed by atoms with van der Waals surface area (Å²) in [6, 6.07) is 0. The van der Waals surface area contributed by atoms with Gasteiger partial charge >= 0.3 is 0 Å². The Kier molecular flexibility index (Phi) is 9.62. The number of rotatable bonds is 6. The summed E-state index contributed by atoms with van der Waals surface area (Å²) >= 11 is 0. The first-order valence-electron chi connectivity index (χ1n) is 6.90. The first kappa shape index (κ1) is 19.2. The van der Waals surface area contributed by atoms with Crippen LogP contribution in [-0.2, 0) is 6.54 Å². The molecule has 20 heavy (non-hydrogen) atoms. The molecule has 0 fully saturated rings. The zero-order valence-corrected chi connectivity index (χ0v) is 15.4. The number of nitrogens with one attached hydrogen (secondary N) is 2. The van der Waals surface area contributed by atoms with Crippen LogP contribution in [0.3, 0.4) is 0 Å². The quantitative estimate of drug-likeness (QED) is 0.337. The van der Waals surface area contributed by atoms with Gasteiger partial charge in [0.2, 0.25) is 5.89 Å². The third-order valence-electron chi connectivity index (χ3n) is 2.95. The molecule has 0 spiro atoms. The standard InChI is InChI=1S/C14H26N4O.HI/c1-10(2)7-6-8-16-14(15-5)17-9-13-18-11(3)12(4)19-13;/h10H,6-9H2,1-5H3,(H2,15,16,17);1H. The molecule has 1 aromatic rings. The number of hydrogen-bond acceptors (Lipinski definition) is 3. The van der Waals surface area contributed by atoms with Crippen LogP contribution in [0.1, 0.15) is 44.0 Å². The Labute approximate surface area is 139 Å². The summed E-state index contributed by atoms with van der Waals surface area (Å²) in [5.74, 6) is 3.10. The summed E-state index contributed by atoms with van der Waals surface area (Å²) in [7, 11) is 1.77. The second-order valence-electron chi connectivity index (χ2n) is 5.14. The molecular formula is C14H27IN4O. The molecule has 0 aromatic carbocycles. The van der Waals surface area contributed by atoms with E-state index in [1.165, 1.54) is 6.42 Å². The molecule has 0 radical (unpaired) electrons. The molecule has 0 aliphatic heterocycles. The van der Waals surface area contributed by atoms with E-state index in [4.69, 9.17) is 4.42 Å². The topological polar surface area (TPSA) is 62.5 Å². The third-order valence-corrected chi connectivity index (χ3v) is 2.95. The molecule has 0 saturated carbocycles. The van der Waals surface area contributed by atoms with Gasteiger partial charge < -0.3 is 15.1 Å². The van der Waals surface area contributed by atoms with E-state index < -0.39 is 0 Å². The van der Waals surface area contributed by atoms with Crippen LogP contribution >= 0.6 is 24.0 Å². The van der Waals surface area contributed by atoms with Crippen molar-refractivity contribution in [1.82, 2.24) is 15.6 Å². The van der Waals surface area contributed by atoms with Crippen molar-refractivity contribution in [3.05, 3.63) is 17.3 Å². The van der Waals surface area contributed by atoms with E-state index in [2.05, 4.69) is 34.5 Å². The van der Waals surface area contributed by atoms with Gasteiger partial charge in [-0.15, -0.1) is 24.0 Å². The number of oxazole rings is 1. The van der Waals surface area contributed by atoms with E-state index in [1.807, 2.05) is 13.8 Å². The van der Waals surface area contributed by atoms with Crippen LogP contribution in [0.4, 0.5) is 0 Å². The minimum Gasteiger partial charge on any atom is -0.444 e. The molecule has 0 aliphatic carbocycles. The highest BCUT2D eigenvalue weighted by molar-refractivity contribution is 14.0. The first-order chi connectivity index (χ1) is 9.02. The second kappa shape index (κ2) is 10.0. The van der Waals surface area contributed by atoms with Crippen molar-refractivity contribution >= 4 is 29.9 Å². The van der Waals surface area contributed by atoms with Crippen molar-refractivity contribution in [2.45, 2.75) is 47.1 Å². The number of nitrogens with zero attached hydrogens (tertiary/aromatic N) is 2. The van der Waals surface area contributed by atoms with Gasteiger partial charge in [0, 0.05) is 13.6 Å². The van der Waals surface area contributed by atoms with Crippen LogP contribution in [0.2, 0.25) is 0 Å². The minimum atomic E-state index is 0. The molecule has 0 amide bonds. The molecule has 116 valence electrons. The number of aromatic nitrogens is 1. The fourth-order valence-electron chi connectivity index (χ4n) is 1.71. The average Bonchev–Trinajstić information content (AvgIpc) is 2.67. The van der Waals surface area contributed by atoms with Gasteiger partial charge in [-0.1, -0.05) is 13.8 Å². The largest absolute Gasteiger partial charge is 0.444 e. The lowest BCUT2D eigenvalue weighted by molar-refractivity contribution is 0.463. The minimum absolute atomic E-state index is 0. The molecule has 6 heteroatoms. The second-order valence-corrected chi connectivity index (χ2v) is 5.14. The van der Waals surface area contributed by atoms with Crippen molar-refractivity contribution in [3.8, 4) is 0 Å². The van der Waals surface area contributed by atoms with Crippen LogP contribution in [-0.4, -0.2) is 24.5 Å². The van der Waals surface area contributed by atoms with Gasteiger partial charge in [-0.3, -0.25) is 4.99 Å². The Hall–Kier alpha value is -0.790. The molecule has 1 rings (SSSR count). The van der Waals surface area contributed by atoms with Crippen molar-refractivity contribution in [1.29, 1.82) is 0 Å². The van der Waals surface area contributed by atoms with Gasteiger partial charge in [-0.25, -0.2) is 4.98 Å². The maximum absolute atomic E-state index is 5.51. The molecule has 0 saturated heterocycles. The number of guanidine groups is 1. The smallest absolute Gasteiger partial charge is 0.214 e. The van der Waals surface area contributed by atoms with Gasteiger partial charge in [0.1, 0.15) is 5.76 Å². The normalized spacial score (nSPS) is 11.4. The molecule has 1 aromatic heterocycles. The van der Waals surface area contributed by atoms with Crippen LogP contribution in [0.5, 0.6) is 0 Å². The number of aryl methyl sites for hydroxylation is 2. The lowest BCUT2D eigenvalue weighted by Crippen LogP contribution is -2.37. The number of halogens is 1. The fraction of sp³-hybridized carbons (Fsp3) is 0.714. The van der Waals surface area contributed by atoms with E-state index in [0.29, 0.717) is 12.4 Å². The Morgan fingerprint density at radius 1 is 1.30 bits per heavy atom. The average molecular weight is 394 g/mol. The lowest BCUT2D eigenvalue weighted by Gasteiger charge is -2.11. The molecular weight excluding hydrogens is 367 g/mol. The van der Waals surface area contributed by atoms with Gasteiger partial charge in [0.25, 0.3) is 0 Å². The van der Waals surface area contributed by atoms with Gasteiger partial charge in [0.15, 0.2) is 5.96 Å². The van der Waals surface area contributed by atoms with Gasteiger partial charge in [-0.2, -0.15) is 0 Å². The zero-order valence-electron chi connectivity index (χ0n) is 13.1. The fourth-order valence-corrected chi connectivity index (χ4v) is 1.71. The predicted molar refractivity (Wildman–Crippen MR) is 93.7 cm³/mol. The van der Waals surface area contributed by atoms with E-state index in [0.717, 1.165) is 36.3 Å². The maximum atomic E-state index is 5.51. The molecule has 0 atom stereocenters. The monoisotopic (exact) mass is 394 g/mol. The summed E-state index contributed by atoms with van der Waals surface area (Å²) in [5.41, 5.74) is 0.941. The van der Waals surface area contributed by atoms with Crippen LogP contribution < -0.4 is 10.6 Å². The highest BCUT2D eigenvalue weighted by atomic mass is 127. The first-order valence-corrected chi connectivity index (χ1v) is 6.90. The van der Waals surface area contributed by atoms with Crippen molar-refractivity contribution in [2.24, 2.45) is 10.9 Å². The van der Waals surface area contributed by atoms with E-state index in [-0.39, 0.29) is 24.0 Å². The maximum Gasteiger partial charge on any atom is 0.214 e. The summed E-state index contributed by atoms with van der Waals surface area (Å²) in [6.07, 6.45) is 2.37. The summed E-state index contributed by atoms with van der Waals surface area (Å²) in [6.45, 7) is 9.83. The molecule has 1 heterocycles.